The Morgan fingerprint density at radius 3 is 2.47 bits per heavy atom. The van der Waals surface area contributed by atoms with Gasteiger partial charge in [0.25, 0.3) is 0 Å². The molecule has 1 unspecified atom stereocenters. The lowest BCUT2D eigenvalue weighted by Gasteiger charge is -2.58. The lowest BCUT2D eigenvalue weighted by atomic mass is 9.63. The SMILES string of the molecule is CCCC[C@@H]1[C@@H](O)CCCC12CCCC[N+]2(C)C.[I-]. The standard InChI is InChI=1S/C16H32NO.HI/c1-4-5-9-14-15(18)10-8-12-16(14)11-6-7-13-17(16,2)3;/h14-15,18H,4-13H2,1-3H3;1H/q+1;/p-1/t14-,15+,16?;/m1./s1. The Labute approximate surface area is 136 Å². The van der Waals surface area contributed by atoms with E-state index < -0.39 is 0 Å². The van der Waals surface area contributed by atoms with E-state index >= 15 is 0 Å². The van der Waals surface area contributed by atoms with Crippen LogP contribution in [0.3, 0.4) is 0 Å². The zero-order valence-corrected chi connectivity index (χ0v) is 15.2. The minimum atomic E-state index is -0.0409. The second kappa shape index (κ2) is 7.08. The minimum Gasteiger partial charge on any atom is -1.00 e. The van der Waals surface area contributed by atoms with E-state index in [9.17, 15) is 5.11 Å². The number of rotatable bonds is 3. The number of nitrogens with zero attached hydrogens (tertiary/aromatic N) is 1. The number of quaternary nitrogens is 1. The second-order valence-electron chi connectivity index (χ2n) is 7.18. The fourth-order valence-electron chi connectivity index (χ4n) is 4.77. The van der Waals surface area contributed by atoms with Crippen molar-refractivity contribution in [1.29, 1.82) is 0 Å². The van der Waals surface area contributed by atoms with Crippen LogP contribution in [0.5, 0.6) is 0 Å². The molecule has 114 valence electrons. The van der Waals surface area contributed by atoms with Gasteiger partial charge < -0.3 is 33.6 Å². The van der Waals surface area contributed by atoms with Crippen molar-refractivity contribution in [1.82, 2.24) is 0 Å². The van der Waals surface area contributed by atoms with Crippen LogP contribution in [0.4, 0.5) is 0 Å². The van der Waals surface area contributed by atoms with E-state index in [1.807, 2.05) is 0 Å². The van der Waals surface area contributed by atoms with Crippen LogP contribution in [0.1, 0.15) is 64.7 Å². The molecule has 1 aliphatic heterocycles. The van der Waals surface area contributed by atoms with E-state index in [0.29, 0.717) is 11.5 Å². The van der Waals surface area contributed by atoms with Gasteiger partial charge in [-0.1, -0.05) is 19.8 Å². The number of aliphatic hydroxyl groups is 1. The van der Waals surface area contributed by atoms with Crippen LogP contribution in [-0.4, -0.2) is 41.9 Å². The van der Waals surface area contributed by atoms with Crippen molar-refractivity contribution in [2.24, 2.45) is 5.92 Å². The maximum Gasteiger partial charge on any atom is 0.104 e. The number of halogens is 1. The van der Waals surface area contributed by atoms with Gasteiger partial charge in [-0.15, -0.1) is 0 Å². The predicted molar refractivity (Wildman–Crippen MR) is 76.4 cm³/mol. The van der Waals surface area contributed by atoms with Crippen LogP contribution in [-0.2, 0) is 0 Å². The van der Waals surface area contributed by atoms with Crippen molar-refractivity contribution in [3.05, 3.63) is 0 Å². The van der Waals surface area contributed by atoms with E-state index in [0.717, 1.165) is 10.9 Å². The highest BCUT2D eigenvalue weighted by Gasteiger charge is 2.55. The van der Waals surface area contributed by atoms with E-state index in [-0.39, 0.29) is 30.1 Å². The quantitative estimate of drug-likeness (QED) is 0.552. The lowest BCUT2D eigenvalue weighted by Crippen LogP contribution is -3.00. The summed E-state index contributed by atoms with van der Waals surface area (Å²) in [6, 6.07) is 0. The third-order valence-electron chi connectivity index (χ3n) is 5.92. The Kier molecular flexibility index (Phi) is 6.59. The molecule has 3 atom stereocenters. The van der Waals surface area contributed by atoms with Gasteiger partial charge >= 0.3 is 0 Å². The minimum absolute atomic E-state index is 0. The highest BCUT2D eigenvalue weighted by molar-refractivity contribution is 4.97. The smallest absolute Gasteiger partial charge is 0.104 e. The maximum atomic E-state index is 10.5. The average Bonchev–Trinajstić information content (AvgIpc) is 2.32. The summed E-state index contributed by atoms with van der Waals surface area (Å²) in [4.78, 5) is 0. The van der Waals surface area contributed by atoms with Gasteiger partial charge in [-0.25, -0.2) is 0 Å². The van der Waals surface area contributed by atoms with Crippen LogP contribution in [0, 0.1) is 5.92 Å². The van der Waals surface area contributed by atoms with Gasteiger partial charge in [0.05, 0.1) is 26.7 Å². The van der Waals surface area contributed by atoms with Gasteiger partial charge in [0, 0.05) is 18.8 Å². The highest BCUT2D eigenvalue weighted by Crippen LogP contribution is 2.48. The first kappa shape index (κ1) is 17.7. The summed E-state index contributed by atoms with van der Waals surface area (Å²) in [5.74, 6) is 0.543. The molecule has 2 nitrogen and oxygen atoms in total. The summed E-state index contributed by atoms with van der Waals surface area (Å²) in [6.07, 6.45) is 11.4. The van der Waals surface area contributed by atoms with Gasteiger partial charge in [-0.3, -0.25) is 0 Å². The summed E-state index contributed by atoms with van der Waals surface area (Å²) in [6.45, 7) is 3.57. The lowest BCUT2D eigenvalue weighted by molar-refractivity contribution is -0.954. The average molecular weight is 381 g/mol. The molecular weight excluding hydrogens is 349 g/mol. The molecule has 0 aromatic carbocycles. The molecule has 0 aromatic rings. The van der Waals surface area contributed by atoms with Crippen molar-refractivity contribution >= 4 is 0 Å². The van der Waals surface area contributed by atoms with Crippen molar-refractivity contribution in [2.45, 2.75) is 76.4 Å². The van der Waals surface area contributed by atoms with Gasteiger partial charge in [-0.05, 0) is 32.1 Å². The molecule has 0 aromatic heterocycles. The van der Waals surface area contributed by atoms with Gasteiger partial charge in [-0.2, -0.15) is 0 Å². The molecule has 0 amide bonds. The largest absolute Gasteiger partial charge is 1.00 e. The number of likely N-dealkylation sites (tertiary alicyclic amines) is 1. The van der Waals surface area contributed by atoms with Crippen LogP contribution in [0.2, 0.25) is 0 Å². The molecule has 2 rings (SSSR count). The molecule has 1 heterocycles. The molecule has 1 saturated heterocycles. The Bertz CT molecular complexity index is 278. The number of unbranched alkanes of at least 4 members (excludes halogenated alkanes) is 1. The molecule has 2 fully saturated rings. The molecular formula is C16H32INO. The van der Waals surface area contributed by atoms with Gasteiger partial charge in [0.2, 0.25) is 0 Å². The number of hydrogen-bond acceptors (Lipinski definition) is 1. The van der Waals surface area contributed by atoms with Crippen molar-refractivity contribution in [3.8, 4) is 0 Å². The first-order chi connectivity index (χ1) is 8.53. The summed E-state index contributed by atoms with van der Waals surface area (Å²) < 4.78 is 1.15. The van der Waals surface area contributed by atoms with E-state index in [1.165, 1.54) is 57.9 Å². The zero-order valence-electron chi connectivity index (χ0n) is 13.0. The predicted octanol–water partition coefficient (Wildman–Crippen LogP) is 0.341. The number of hydrogen-bond donors (Lipinski definition) is 1. The first-order valence-electron chi connectivity index (χ1n) is 8.05. The van der Waals surface area contributed by atoms with E-state index in [4.69, 9.17) is 0 Å². The van der Waals surface area contributed by atoms with Gasteiger partial charge in [0.1, 0.15) is 5.54 Å². The molecule has 0 radical (unpaired) electrons. The number of aliphatic hydroxyl groups excluding tert-OH is 1. The molecule has 19 heavy (non-hydrogen) atoms. The third-order valence-corrected chi connectivity index (χ3v) is 5.92. The molecule has 1 N–H and O–H groups in total. The fraction of sp³-hybridized carbons (Fsp3) is 1.00. The molecule has 0 bridgehead atoms. The fourth-order valence-corrected chi connectivity index (χ4v) is 4.77. The summed E-state index contributed by atoms with van der Waals surface area (Å²) in [5.41, 5.74) is 0.380. The van der Waals surface area contributed by atoms with Crippen LogP contribution in [0.25, 0.3) is 0 Å². The van der Waals surface area contributed by atoms with Crippen molar-refractivity contribution in [2.75, 3.05) is 20.6 Å². The topological polar surface area (TPSA) is 20.2 Å². The molecule has 1 spiro atoms. The van der Waals surface area contributed by atoms with Crippen LogP contribution < -0.4 is 24.0 Å². The van der Waals surface area contributed by atoms with Crippen molar-refractivity contribution in [3.63, 3.8) is 0 Å². The molecule has 2 aliphatic rings. The Hall–Kier alpha value is 0.650. The summed E-state index contributed by atoms with van der Waals surface area (Å²) >= 11 is 0. The first-order valence-corrected chi connectivity index (χ1v) is 8.05. The zero-order chi connectivity index (χ0) is 13.2. The van der Waals surface area contributed by atoms with Crippen molar-refractivity contribution < 1.29 is 33.6 Å². The summed E-state index contributed by atoms with van der Waals surface area (Å²) in [7, 11) is 4.83. The monoisotopic (exact) mass is 381 g/mol. The highest BCUT2D eigenvalue weighted by atomic mass is 127. The summed E-state index contributed by atoms with van der Waals surface area (Å²) in [5, 5.41) is 10.5. The molecule has 1 aliphatic carbocycles. The normalized spacial score (nSPS) is 37.9. The van der Waals surface area contributed by atoms with Gasteiger partial charge in [0.15, 0.2) is 0 Å². The maximum absolute atomic E-state index is 10.5. The third kappa shape index (κ3) is 3.29. The van der Waals surface area contributed by atoms with Crippen LogP contribution in [0.15, 0.2) is 0 Å². The Morgan fingerprint density at radius 1 is 1.16 bits per heavy atom. The Morgan fingerprint density at radius 2 is 1.84 bits per heavy atom. The second-order valence-corrected chi connectivity index (χ2v) is 7.18. The Balaban J connectivity index is 0.00000180. The molecule has 1 saturated carbocycles. The van der Waals surface area contributed by atoms with E-state index in [1.54, 1.807) is 0 Å². The molecule has 3 heteroatoms. The number of piperidine rings is 1. The van der Waals surface area contributed by atoms with Crippen LogP contribution >= 0.6 is 0 Å². The van der Waals surface area contributed by atoms with E-state index in [2.05, 4.69) is 21.0 Å².